The van der Waals surface area contributed by atoms with Crippen LogP contribution in [0.4, 0.5) is 0 Å². The molecule has 12 heteroatoms. The van der Waals surface area contributed by atoms with E-state index in [4.69, 9.17) is 19.3 Å². The Kier molecular flexibility index (Phi) is 35.4. The Labute approximate surface area is 341 Å². The van der Waals surface area contributed by atoms with Crippen molar-refractivity contribution in [2.75, 3.05) is 13.2 Å². The molecule has 0 aliphatic heterocycles. The van der Waals surface area contributed by atoms with E-state index in [1.165, 1.54) is 6.08 Å². The average molecular weight is 817 g/mol. The summed E-state index contributed by atoms with van der Waals surface area (Å²) in [4.78, 5) is 42.8. The Morgan fingerprint density at radius 2 is 1.12 bits per heavy atom. The number of ether oxygens (including phenoxy) is 2. The van der Waals surface area contributed by atoms with Gasteiger partial charge < -0.3 is 34.6 Å². The molecule has 57 heavy (non-hydrogen) atoms. The zero-order chi connectivity index (χ0) is 42.2. The molecule has 0 aliphatic carbocycles. The molecule has 0 aromatic carbocycles. The highest BCUT2D eigenvalue weighted by Gasteiger charge is 2.23. The number of phosphoric ester groups is 1. The number of carbonyl (C=O) groups excluding carboxylic acids is 2. The molecule has 0 aromatic heterocycles. The van der Waals surface area contributed by atoms with Gasteiger partial charge in [0.25, 0.3) is 0 Å². The van der Waals surface area contributed by atoms with Crippen molar-refractivity contribution in [3.8, 4) is 0 Å². The molecule has 320 valence electrons. The minimum atomic E-state index is -4.87. The molecule has 0 fully saturated rings. The predicted molar refractivity (Wildman–Crippen MR) is 229 cm³/mol. The van der Waals surface area contributed by atoms with Gasteiger partial charge in [-0.25, -0.2) is 4.57 Å². The lowest BCUT2D eigenvalue weighted by atomic mass is 10.1. The predicted octanol–water partition coefficient (Wildman–Crippen LogP) is 9.09. The standard InChI is InChI=1S/C45H69O11P/c1-3-5-7-8-9-10-11-12-13-14-15-16-17-18-19-20-21-26-30-36-45(50)56-41(39-55-57(51,52)53)38-54-44(49)37-31-35-43(48)42(47)34-29-25-23-22-24-28-33-40(46)32-27-6-4-2/h5,7,9-10,12-13,15-16,18-19,21-26,28-29,33-34,40-43,46-48H,3-4,6,8,11,14,17,20,27,30-32,35-39H2,1-2H3,(H2,51,52,53)/b7-5-,10-9-,13-12-,16-15-,19-18-,24-22-,25-23+,26-21-,33-28+,34-29+/t40-,41-,42-,43-/m1/s1. The van der Waals surface area contributed by atoms with E-state index in [1.54, 1.807) is 42.5 Å². The third-order valence-electron chi connectivity index (χ3n) is 7.84. The van der Waals surface area contributed by atoms with Crippen molar-refractivity contribution in [1.82, 2.24) is 0 Å². The monoisotopic (exact) mass is 816 g/mol. The second-order valence-electron chi connectivity index (χ2n) is 13.1. The fraction of sp³-hybridized carbons (Fsp3) is 0.511. The van der Waals surface area contributed by atoms with Crippen LogP contribution in [0.25, 0.3) is 0 Å². The topological polar surface area (TPSA) is 180 Å². The first-order valence-electron chi connectivity index (χ1n) is 20.2. The van der Waals surface area contributed by atoms with E-state index < -0.39 is 57.4 Å². The summed E-state index contributed by atoms with van der Waals surface area (Å²) in [7, 11) is -4.87. The zero-order valence-corrected chi connectivity index (χ0v) is 34.9. The Morgan fingerprint density at radius 1 is 0.596 bits per heavy atom. The fourth-order valence-electron chi connectivity index (χ4n) is 4.72. The third kappa shape index (κ3) is 39.0. The molecule has 0 aliphatic rings. The second kappa shape index (κ2) is 37.9. The quantitative estimate of drug-likeness (QED) is 0.0137. The number of rotatable bonds is 34. The normalized spacial score (nSPS) is 15.4. The highest BCUT2D eigenvalue weighted by Crippen LogP contribution is 2.36. The first-order chi connectivity index (χ1) is 27.5. The molecule has 0 radical (unpaired) electrons. The van der Waals surface area contributed by atoms with Crippen LogP contribution >= 0.6 is 7.82 Å². The molecule has 0 aromatic rings. The van der Waals surface area contributed by atoms with E-state index in [1.807, 2.05) is 18.2 Å². The van der Waals surface area contributed by atoms with Crippen LogP contribution < -0.4 is 0 Å². The number of hydrogen-bond donors (Lipinski definition) is 5. The minimum Gasteiger partial charge on any atom is -0.462 e. The van der Waals surface area contributed by atoms with Crippen molar-refractivity contribution in [1.29, 1.82) is 0 Å². The van der Waals surface area contributed by atoms with Crippen LogP contribution in [0.3, 0.4) is 0 Å². The number of hydrogen-bond acceptors (Lipinski definition) is 9. The number of esters is 2. The van der Waals surface area contributed by atoms with Crippen molar-refractivity contribution >= 4 is 19.8 Å². The van der Waals surface area contributed by atoms with Crippen LogP contribution in [0.2, 0.25) is 0 Å². The maximum absolute atomic E-state index is 12.4. The van der Waals surface area contributed by atoms with Gasteiger partial charge in [0.05, 0.1) is 24.9 Å². The second-order valence-corrected chi connectivity index (χ2v) is 14.3. The smallest absolute Gasteiger partial charge is 0.462 e. The molecular formula is C45H69O11P. The Bertz CT molecular complexity index is 1380. The van der Waals surface area contributed by atoms with E-state index in [9.17, 15) is 29.5 Å². The third-order valence-corrected chi connectivity index (χ3v) is 8.33. The highest BCUT2D eigenvalue weighted by atomic mass is 31.2. The van der Waals surface area contributed by atoms with Crippen LogP contribution in [0, 0.1) is 0 Å². The maximum Gasteiger partial charge on any atom is 0.469 e. The van der Waals surface area contributed by atoms with Gasteiger partial charge in [0.2, 0.25) is 0 Å². The van der Waals surface area contributed by atoms with Gasteiger partial charge in [0, 0.05) is 12.8 Å². The first-order valence-corrected chi connectivity index (χ1v) is 21.7. The summed E-state index contributed by atoms with van der Waals surface area (Å²) >= 11 is 0. The summed E-state index contributed by atoms with van der Waals surface area (Å²) < 4.78 is 26.1. The fourth-order valence-corrected chi connectivity index (χ4v) is 5.08. The molecule has 0 rings (SSSR count). The molecule has 0 unspecified atom stereocenters. The summed E-state index contributed by atoms with van der Waals surface area (Å²) in [5.74, 6) is -1.33. The summed E-state index contributed by atoms with van der Waals surface area (Å²) in [5.41, 5.74) is 0. The van der Waals surface area contributed by atoms with Gasteiger partial charge in [-0.2, -0.15) is 0 Å². The number of carbonyl (C=O) groups is 2. The number of aliphatic hydroxyl groups excluding tert-OH is 3. The molecule has 0 heterocycles. The summed E-state index contributed by atoms with van der Waals surface area (Å²) in [6.07, 6.45) is 44.4. The van der Waals surface area contributed by atoms with Gasteiger partial charge in [0.15, 0.2) is 6.10 Å². The van der Waals surface area contributed by atoms with E-state index in [0.29, 0.717) is 12.8 Å². The lowest BCUT2D eigenvalue weighted by Crippen LogP contribution is -2.29. The van der Waals surface area contributed by atoms with E-state index in [2.05, 4.69) is 73.1 Å². The van der Waals surface area contributed by atoms with Crippen LogP contribution in [0.5, 0.6) is 0 Å². The van der Waals surface area contributed by atoms with Crippen molar-refractivity contribution in [2.24, 2.45) is 0 Å². The molecular weight excluding hydrogens is 747 g/mol. The van der Waals surface area contributed by atoms with Gasteiger partial charge in [0.1, 0.15) is 6.61 Å². The van der Waals surface area contributed by atoms with Crippen LogP contribution in [-0.4, -0.2) is 74.7 Å². The van der Waals surface area contributed by atoms with E-state index in [0.717, 1.165) is 57.8 Å². The number of phosphoric acid groups is 1. The maximum atomic E-state index is 12.4. The molecule has 0 saturated heterocycles. The Morgan fingerprint density at radius 3 is 1.67 bits per heavy atom. The largest absolute Gasteiger partial charge is 0.469 e. The van der Waals surface area contributed by atoms with E-state index >= 15 is 0 Å². The zero-order valence-electron chi connectivity index (χ0n) is 34.0. The SMILES string of the molecule is CC/C=C\C/C=C\C/C=C\C/C=C\C/C=C\C/C=C\CCC(=O)O[C@H](COC(=O)CCC[C@@H](O)[C@H](O)/C=C/C=C/C=C\C=C\[C@H](O)CCCCC)COP(=O)(O)O. The number of aliphatic hydroxyl groups is 3. The lowest BCUT2D eigenvalue weighted by Gasteiger charge is -2.18. The van der Waals surface area contributed by atoms with Crippen molar-refractivity contribution in [3.05, 3.63) is 122 Å². The molecule has 0 spiro atoms. The first kappa shape index (κ1) is 53.3. The lowest BCUT2D eigenvalue weighted by molar-refractivity contribution is -0.161. The van der Waals surface area contributed by atoms with Crippen LogP contribution in [0.15, 0.2) is 122 Å². The number of unbranched alkanes of at least 4 members (excludes halogenated alkanes) is 2. The molecule has 5 N–H and O–H groups in total. The van der Waals surface area contributed by atoms with Gasteiger partial charge in [-0.1, -0.05) is 155 Å². The van der Waals surface area contributed by atoms with E-state index in [-0.39, 0.29) is 25.7 Å². The van der Waals surface area contributed by atoms with Crippen molar-refractivity contribution in [2.45, 2.75) is 135 Å². The Balaban J connectivity index is 4.43. The summed E-state index contributed by atoms with van der Waals surface area (Å²) in [6.45, 7) is 3.08. The highest BCUT2D eigenvalue weighted by molar-refractivity contribution is 7.46. The summed E-state index contributed by atoms with van der Waals surface area (Å²) in [6, 6.07) is 0. The molecule has 0 amide bonds. The van der Waals surface area contributed by atoms with Gasteiger partial charge in [-0.05, 0) is 64.2 Å². The molecule has 0 saturated carbocycles. The van der Waals surface area contributed by atoms with Crippen molar-refractivity contribution < 1.29 is 53.3 Å². The van der Waals surface area contributed by atoms with Gasteiger partial charge in [-0.15, -0.1) is 0 Å². The number of allylic oxidation sites excluding steroid dienone is 18. The molecule has 0 bridgehead atoms. The molecule has 4 atom stereocenters. The summed E-state index contributed by atoms with van der Waals surface area (Å²) in [5, 5.41) is 30.3. The van der Waals surface area contributed by atoms with Crippen LogP contribution in [-0.2, 0) is 28.2 Å². The minimum absolute atomic E-state index is 0.00524. The van der Waals surface area contributed by atoms with Gasteiger partial charge in [-0.3, -0.25) is 14.1 Å². The molecule has 11 nitrogen and oxygen atoms in total. The van der Waals surface area contributed by atoms with Crippen LogP contribution in [0.1, 0.15) is 110 Å². The average Bonchev–Trinajstić information content (AvgIpc) is 3.17. The van der Waals surface area contributed by atoms with Gasteiger partial charge >= 0.3 is 19.8 Å². The Hall–Kier alpha value is -3.67. The van der Waals surface area contributed by atoms with Crippen molar-refractivity contribution in [3.63, 3.8) is 0 Å².